The van der Waals surface area contributed by atoms with Gasteiger partial charge in [0.25, 0.3) is 0 Å². The molecule has 3 aromatic rings. The van der Waals surface area contributed by atoms with Crippen molar-refractivity contribution in [3.8, 4) is 11.0 Å². The number of rotatable bonds is 2. The van der Waals surface area contributed by atoms with E-state index in [9.17, 15) is 4.79 Å². The molecule has 0 aliphatic heterocycles. The molecule has 3 aromatic heterocycles. The largest absolute Gasteiger partial charge is 0.514 e. The number of hydrogen-bond donors (Lipinski definition) is 1. The molecule has 0 atom stereocenters. The summed E-state index contributed by atoms with van der Waals surface area (Å²) in [5, 5.41) is 6.82. The fraction of sp³-hybridized carbons (Fsp3) is 0.100. The van der Waals surface area contributed by atoms with Crippen LogP contribution in [0, 0.1) is 0 Å². The van der Waals surface area contributed by atoms with Gasteiger partial charge in [0, 0.05) is 0 Å². The van der Waals surface area contributed by atoms with E-state index in [0.717, 1.165) is 0 Å². The lowest BCUT2D eigenvalue weighted by Gasteiger charge is -1.98. The van der Waals surface area contributed by atoms with Gasteiger partial charge in [-0.15, -0.1) is 0 Å². The fourth-order valence-electron chi connectivity index (χ4n) is 1.52. The van der Waals surface area contributed by atoms with Gasteiger partial charge in [0.05, 0.1) is 24.1 Å². The maximum absolute atomic E-state index is 11.0. The molecule has 0 aliphatic rings. The Kier molecular flexibility index (Phi) is 2.91. The van der Waals surface area contributed by atoms with Crippen molar-refractivity contribution in [3.63, 3.8) is 0 Å². The van der Waals surface area contributed by atoms with Crippen LogP contribution >= 0.6 is 11.3 Å². The van der Waals surface area contributed by atoms with Crippen LogP contribution in [0.15, 0.2) is 17.9 Å². The zero-order valence-electron chi connectivity index (χ0n) is 10.2. The molecule has 0 unspecified atom stereocenters. The number of anilines is 1. The maximum atomic E-state index is 11.0. The lowest BCUT2D eigenvalue weighted by molar-refractivity contribution is 0.120. The average molecular weight is 292 g/mol. The van der Waals surface area contributed by atoms with Gasteiger partial charge in [-0.1, -0.05) is 11.3 Å². The van der Waals surface area contributed by atoms with E-state index in [1.54, 1.807) is 11.6 Å². The summed E-state index contributed by atoms with van der Waals surface area (Å²) in [7, 11) is 1.22. The molecule has 0 saturated carbocycles. The Hall–Kier alpha value is -2.75. The van der Waals surface area contributed by atoms with E-state index >= 15 is 0 Å². The first-order valence-electron chi connectivity index (χ1n) is 5.35. The number of hydrogen-bond acceptors (Lipinski definition) is 9. The normalized spacial score (nSPS) is 10.7. The molecular weight excluding hydrogens is 284 g/mol. The first kappa shape index (κ1) is 12.3. The van der Waals surface area contributed by atoms with Crippen molar-refractivity contribution in [2.24, 2.45) is 0 Å². The number of nitrogens with two attached hydrogens (primary N) is 1. The molecule has 3 heterocycles. The summed E-state index contributed by atoms with van der Waals surface area (Å²) in [6, 6.07) is 0. The summed E-state index contributed by atoms with van der Waals surface area (Å²) in [4.78, 5) is 23.1. The molecule has 0 aromatic carbocycles. The van der Waals surface area contributed by atoms with E-state index < -0.39 is 6.16 Å². The second kappa shape index (κ2) is 4.74. The van der Waals surface area contributed by atoms with E-state index in [4.69, 9.17) is 10.5 Å². The number of nitrogens with zero attached hydrogens (tertiary/aromatic N) is 5. The molecule has 10 heteroatoms. The number of carbonyl (C=O) groups is 1. The Morgan fingerprint density at radius 3 is 3.10 bits per heavy atom. The van der Waals surface area contributed by atoms with Gasteiger partial charge in [0.1, 0.15) is 12.1 Å². The number of fused-ring (bicyclic) bond motifs is 1. The highest BCUT2D eigenvalue weighted by molar-refractivity contribution is 7.12. The Balaban J connectivity index is 1.99. The molecule has 0 spiro atoms. The molecule has 0 radical (unpaired) electrons. The molecule has 9 nitrogen and oxygen atoms in total. The highest BCUT2D eigenvalue weighted by Crippen LogP contribution is 2.24. The maximum Gasteiger partial charge on any atom is 0.514 e. The molecule has 0 aliphatic carbocycles. The van der Waals surface area contributed by atoms with Gasteiger partial charge in [0.2, 0.25) is 11.0 Å². The van der Waals surface area contributed by atoms with Crippen molar-refractivity contribution in [1.82, 2.24) is 24.7 Å². The van der Waals surface area contributed by atoms with Gasteiger partial charge in [0.15, 0.2) is 5.65 Å². The number of nitrogen functional groups attached to an aromatic ring is 1. The second-order valence-corrected chi connectivity index (χ2v) is 4.41. The van der Waals surface area contributed by atoms with Crippen LogP contribution in [-0.2, 0) is 4.74 Å². The third kappa shape index (κ3) is 2.01. The van der Waals surface area contributed by atoms with Crippen molar-refractivity contribution in [2.45, 2.75) is 0 Å². The van der Waals surface area contributed by atoms with Crippen molar-refractivity contribution in [2.75, 3.05) is 12.8 Å². The van der Waals surface area contributed by atoms with E-state index in [1.165, 1.54) is 29.5 Å². The second-order valence-electron chi connectivity index (χ2n) is 3.58. The summed E-state index contributed by atoms with van der Waals surface area (Å²) in [5.41, 5.74) is 6.25. The van der Waals surface area contributed by atoms with Crippen LogP contribution in [0.25, 0.3) is 16.2 Å². The molecule has 20 heavy (non-hydrogen) atoms. The van der Waals surface area contributed by atoms with Crippen LogP contribution in [0.4, 0.5) is 10.6 Å². The summed E-state index contributed by atoms with van der Waals surface area (Å²) in [6.07, 6.45) is 2.06. The topological polar surface area (TPSA) is 118 Å². The van der Waals surface area contributed by atoms with Gasteiger partial charge < -0.3 is 15.2 Å². The van der Waals surface area contributed by atoms with Gasteiger partial charge in [-0.25, -0.2) is 14.8 Å². The van der Waals surface area contributed by atoms with Gasteiger partial charge in [-0.2, -0.15) is 14.8 Å². The number of aromatic nitrogens is 5. The lowest BCUT2D eigenvalue weighted by Crippen LogP contribution is -2.07. The minimum atomic E-state index is -0.834. The number of methoxy groups -OCH3 is 1. The molecule has 3 rings (SSSR count). The number of ether oxygens (including phenoxy) is 2. The highest BCUT2D eigenvalue weighted by atomic mass is 32.1. The van der Waals surface area contributed by atoms with Crippen LogP contribution < -0.4 is 10.5 Å². The van der Waals surface area contributed by atoms with E-state index in [2.05, 4.69) is 24.8 Å². The van der Waals surface area contributed by atoms with E-state index in [-0.39, 0.29) is 5.88 Å². The third-order valence-corrected chi connectivity index (χ3v) is 3.20. The summed E-state index contributed by atoms with van der Waals surface area (Å²) in [6.45, 7) is 0. The molecule has 0 bridgehead atoms. The Bertz CT molecular complexity index is 782. The minimum Gasteiger partial charge on any atom is -0.437 e. The van der Waals surface area contributed by atoms with Crippen LogP contribution in [0.3, 0.4) is 0 Å². The highest BCUT2D eigenvalue weighted by Gasteiger charge is 2.14. The number of thiazole rings is 1. The van der Waals surface area contributed by atoms with Crippen LogP contribution in [0.1, 0.15) is 0 Å². The minimum absolute atomic E-state index is 0.127. The molecule has 102 valence electrons. The van der Waals surface area contributed by atoms with Crippen molar-refractivity contribution < 1.29 is 14.3 Å². The molecular formula is C10H8N6O3S. The van der Waals surface area contributed by atoms with Gasteiger partial charge in [-0.05, 0) is 0 Å². The monoisotopic (exact) mass is 292 g/mol. The summed E-state index contributed by atoms with van der Waals surface area (Å²) < 4.78 is 10.7. The zero-order chi connectivity index (χ0) is 14.1. The molecule has 0 amide bonds. The standard InChI is InChI=1S/C10H8N6O3S/c1-18-10(17)19-6-3-20-9(15-6)16-8-5(2-14-16)7(11)12-4-13-8/h2-4H,1H3,(H2,11,12,13). The number of carbonyl (C=O) groups excluding carboxylic acids is 1. The molecule has 2 N–H and O–H groups in total. The lowest BCUT2D eigenvalue weighted by atomic mass is 10.4. The summed E-state index contributed by atoms with van der Waals surface area (Å²) >= 11 is 1.24. The van der Waals surface area contributed by atoms with Gasteiger partial charge >= 0.3 is 6.16 Å². The Morgan fingerprint density at radius 1 is 1.45 bits per heavy atom. The Labute approximate surface area is 116 Å². The van der Waals surface area contributed by atoms with Crippen LogP contribution in [0.2, 0.25) is 0 Å². The molecule has 0 fully saturated rings. The third-order valence-electron chi connectivity index (χ3n) is 2.40. The smallest absolute Gasteiger partial charge is 0.437 e. The quantitative estimate of drug-likeness (QED) is 0.695. The summed E-state index contributed by atoms with van der Waals surface area (Å²) in [5.74, 6) is 0.464. The average Bonchev–Trinajstić information content (AvgIpc) is 3.05. The van der Waals surface area contributed by atoms with Crippen molar-refractivity contribution in [3.05, 3.63) is 17.9 Å². The van der Waals surface area contributed by atoms with Crippen molar-refractivity contribution in [1.29, 1.82) is 0 Å². The van der Waals surface area contributed by atoms with Gasteiger partial charge in [-0.3, -0.25) is 0 Å². The molecule has 0 saturated heterocycles. The fourth-order valence-corrected chi connectivity index (χ4v) is 2.21. The predicted molar refractivity (Wildman–Crippen MR) is 69.8 cm³/mol. The van der Waals surface area contributed by atoms with Crippen molar-refractivity contribution >= 4 is 34.3 Å². The van der Waals surface area contributed by atoms with Crippen LogP contribution in [0.5, 0.6) is 5.88 Å². The predicted octanol–water partition coefficient (Wildman–Crippen LogP) is 0.999. The SMILES string of the molecule is COC(=O)Oc1csc(-n2ncc3c(N)ncnc32)n1. The first-order chi connectivity index (χ1) is 9.69. The zero-order valence-corrected chi connectivity index (χ0v) is 11.0. The first-order valence-corrected chi connectivity index (χ1v) is 6.23. The Morgan fingerprint density at radius 2 is 2.30 bits per heavy atom. The van der Waals surface area contributed by atoms with Crippen LogP contribution in [-0.4, -0.2) is 38.0 Å². The van der Waals surface area contributed by atoms with E-state index in [1.807, 2.05) is 0 Å². The van der Waals surface area contributed by atoms with E-state index in [0.29, 0.717) is 22.0 Å².